The molecule has 0 spiro atoms. The predicted octanol–water partition coefficient (Wildman–Crippen LogP) is 3.06. The molecule has 0 aliphatic carbocycles. The number of nitrogens with one attached hydrogen (secondary N) is 1. The Kier molecular flexibility index (Phi) is 5.01. The number of ether oxygens (including phenoxy) is 2. The average Bonchev–Trinajstić information content (AvgIpc) is 2.85. The van der Waals surface area contributed by atoms with E-state index in [2.05, 4.69) is 10.3 Å². The van der Waals surface area contributed by atoms with E-state index in [0.717, 1.165) is 23.9 Å². The van der Waals surface area contributed by atoms with E-state index in [1.807, 2.05) is 48.9 Å². The molecule has 2 aromatic rings. The second-order valence-electron chi connectivity index (χ2n) is 4.75. The van der Waals surface area contributed by atoms with Crippen LogP contribution in [0.5, 0.6) is 5.75 Å². The minimum atomic E-state index is 0.182. The lowest BCUT2D eigenvalue weighted by Gasteiger charge is -2.12. The van der Waals surface area contributed by atoms with E-state index in [0.29, 0.717) is 6.61 Å². The third-order valence-corrected chi connectivity index (χ3v) is 2.73. The zero-order valence-corrected chi connectivity index (χ0v) is 12.2. The summed E-state index contributed by atoms with van der Waals surface area (Å²) >= 11 is 0. The molecule has 0 aliphatic heterocycles. The number of rotatable bonds is 7. The Morgan fingerprint density at radius 1 is 1.25 bits per heavy atom. The second kappa shape index (κ2) is 6.96. The highest BCUT2D eigenvalue weighted by Gasteiger charge is 2.03. The minimum Gasteiger partial charge on any atom is -0.491 e. The molecule has 0 saturated carbocycles. The Morgan fingerprint density at radius 2 is 2.00 bits per heavy atom. The zero-order chi connectivity index (χ0) is 14.4. The largest absolute Gasteiger partial charge is 0.491 e. The van der Waals surface area contributed by atoms with Crippen LogP contribution in [0.3, 0.4) is 0 Å². The molecule has 0 unspecified atom stereocenters. The number of methoxy groups -OCH3 is 1. The summed E-state index contributed by atoms with van der Waals surface area (Å²) < 4.78 is 12.7. The molecule has 5 nitrogen and oxygen atoms in total. The molecule has 1 aromatic heterocycles. The summed E-state index contributed by atoms with van der Waals surface area (Å²) in [5, 5.41) is 3.28. The summed E-state index contributed by atoms with van der Waals surface area (Å²) in [6.45, 7) is 5.46. The van der Waals surface area contributed by atoms with Crippen molar-refractivity contribution < 1.29 is 9.47 Å². The van der Waals surface area contributed by atoms with E-state index in [9.17, 15) is 0 Å². The molecule has 0 amide bonds. The van der Waals surface area contributed by atoms with Gasteiger partial charge in [0.05, 0.1) is 12.7 Å². The number of hydrogen-bond acceptors (Lipinski definition) is 4. The van der Waals surface area contributed by atoms with Crippen molar-refractivity contribution in [2.75, 3.05) is 19.0 Å². The first-order valence-electron chi connectivity index (χ1n) is 6.73. The minimum absolute atomic E-state index is 0.182. The Balaban J connectivity index is 2.01. The van der Waals surface area contributed by atoms with Crippen molar-refractivity contribution in [1.82, 2.24) is 9.55 Å². The van der Waals surface area contributed by atoms with Gasteiger partial charge in [-0.15, -0.1) is 0 Å². The molecule has 0 aliphatic rings. The molecule has 0 bridgehead atoms. The van der Waals surface area contributed by atoms with Crippen LogP contribution >= 0.6 is 0 Å². The van der Waals surface area contributed by atoms with Gasteiger partial charge in [0.1, 0.15) is 5.75 Å². The number of imidazole rings is 1. The lowest BCUT2D eigenvalue weighted by molar-refractivity contribution is 0.188. The van der Waals surface area contributed by atoms with E-state index >= 15 is 0 Å². The molecule has 1 heterocycles. The first-order valence-corrected chi connectivity index (χ1v) is 6.73. The summed E-state index contributed by atoms with van der Waals surface area (Å²) in [5.74, 6) is 1.67. The van der Waals surface area contributed by atoms with Crippen LogP contribution in [0.25, 0.3) is 0 Å². The lowest BCUT2D eigenvalue weighted by atomic mass is 10.3. The highest BCUT2D eigenvalue weighted by molar-refractivity contribution is 5.54. The van der Waals surface area contributed by atoms with Gasteiger partial charge in [0.15, 0.2) is 0 Å². The van der Waals surface area contributed by atoms with E-state index in [4.69, 9.17) is 9.47 Å². The maximum Gasteiger partial charge on any atom is 0.207 e. The van der Waals surface area contributed by atoms with Crippen LogP contribution in [0.1, 0.15) is 13.8 Å². The average molecular weight is 275 g/mol. The third-order valence-electron chi connectivity index (χ3n) is 2.73. The summed E-state index contributed by atoms with van der Waals surface area (Å²) in [7, 11) is 1.69. The van der Waals surface area contributed by atoms with E-state index < -0.39 is 0 Å². The molecule has 0 radical (unpaired) electrons. The van der Waals surface area contributed by atoms with Crippen molar-refractivity contribution in [3.05, 3.63) is 36.7 Å². The van der Waals surface area contributed by atoms with Gasteiger partial charge in [0, 0.05) is 31.7 Å². The first-order chi connectivity index (χ1) is 9.69. The highest BCUT2D eigenvalue weighted by atomic mass is 16.5. The van der Waals surface area contributed by atoms with Crippen molar-refractivity contribution in [2.45, 2.75) is 26.5 Å². The molecular formula is C15H21N3O2. The van der Waals surface area contributed by atoms with E-state index in [1.165, 1.54) is 0 Å². The van der Waals surface area contributed by atoms with Gasteiger partial charge in [-0.2, -0.15) is 0 Å². The lowest BCUT2D eigenvalue weighted by Crippen LogP contribution is -2.07. The highest BCUT2D eigenvalue weighted by Crippen LogP contribution is 2.20. The van der Waals surface area contributed by atoms with Gasteiger partial charge in [-0.05, 0) is 38.1 Å². The smallest absolute Gasteiger partial charge is 0.207 e. The van der Waals surface area contributed by atoms with Crippen LogP contribution in [0, 0.1) is 0 Å². The van der Waals surface area contributed by atoms with Gasteiger partial charge >= 0.3 is 0 Å². The van der Waals surface area contributed by atoms with Gasteiger partial charge in [-0.1, -0.05) is 0 Å². The molecule has 1 aromatic carbocycles. The van der Waals surface area contributed by atoms with Crippen LogP contribution in [0.2, 0.25) is 0 Å². The van der Waals surface area contributed by atoms with Gasteiger partial charge in [0.25, 0.3) is 0 Å². The van der Waals surface area contributed by atoms with Crippen LogP contribution in [0.4, 0.5) is 11.6 Å². The number of anilines is 2. The SMILES string of the molecule is COCCn1ccnc1Nc1ccc(OC(C)C)cc1. The summed E-state index contributed by atoms with van der Waals surface area (Å²) in [6, 6.07) is 7.86. The van der Waals surface area contributed by atoms with Crippen molar-refractivity contribution in [2.24, 2.45) is 0 Å². The molecule has 1 N–H and O–H groups in total. The summed E-state index contributed by atoms with van der Waals surface area (Å²) in [5.41, 5.74) is 0.978. The van der Waals surface area contributed by atoms with Gasteiger partial charge in [-0.25, -0.2) is 4.98 Å². The molecular weight excluding hydrogens is 254 g/mol. The first kappa shape index (κ1) is 14.4. The Labute approximate surface area is 119 Å². The van der Waals surface area contributed by atoms with Crippen LogP contribution in [0.15, 0.2) is 36.7 Å². The van der Waals surface area contributed by atoms with Crippen molar-refractivity contribution in [3.63, 3.8) is 0 Å². The maximum atomic E-state index is 5.62. The normalized spacial score (nSPS) is 10.8. The van der Waals surface area contributed by atoms with E-state index in [-0.39, 0.29) is 6.10 Å². The number of nitrogens with zero attached hydrogens (tertiary/aromatic N) is 2. The fraction of sp³-hybridized carbons (Fsp3) is 0.400. The predicted molar refractivity (Wildman–Crippen MR) is 79.6 cm³/mol. The molecule has 0 fully saturated rings. The Bertz CT molecular complexity index is 520. The molecule has 20 heavy (non-hydrogen) atoms. The van der Waals surface area contributed by atoms with Crippen LogP contribution in [-0.2, 0) is 11.3 Å². The zero-order valence-electron chi connectivity index (χ0n) is 12.2. The standard InChI is InChI=1S/C15H21N3O2/c1-12(2)20-14-6-4-13(5-7-14)17-15-16-8-9-18(15)10-11-19-3/h4-9,12H,10-11H2,1-3H3,(H,16,17). The topological polar surface area (TPSA) is 48.3 Å². The fourth-order valence-electron chi connectivity index (χ4n) is 1.82. The Morgan fingerprint density at radius 3 is 2.65 bits per heavy atom. The molecule has 0 atom stereocenters. The van der Waals surface area contributed by atoms with E-state index in [1.54, 1.807) is 13.3 Å². The summed E-state index contributed by atoms with van der Waals surface area (Å²) in [4.78, 5) is 4.30. The van der Waals surface area contributed by atoms with Crippen LogP contribution < -0.4 is 10.1 Å². The van der Waals surface area contributed by atoms with Crippen molar-refractivity contribution in [3.8, 4) is 5.75 Å². The fourth-order valence-corrected chi connectivity index (χ4v) is 1.82. The number of benzene rings is 1. The number of hydrogen-bond donors (Lipinski definition) is 1. The monoisotopic (exact) mass is 275 g/mol. The van der Waals surface area contributed by atoms with Gasteiger partial charge in [0.2, 0.25) is 5.95 Å². The number of aromatic nitrogens is 2. The van der Waals surface area contributed by atoms with Gasteiger partial charge < -0.3 is 19.4 Å². The molecule has 5 heteroatoms. The van der Waals surface area contributed by atoms with Crippen LogP contribution in [-0.4, -0.2) is 29.4 Å². The van der Waals surface area contributed by atoms with Gasteiger partial charge in [-0.3, -0.25) is 0 Å². The molecule has 108 valence electrons. The Hall–Kier alpha value is -2.01. The van der Waals surface area contributed by atoms with Crippen molar-refractivity contribution in [1.29, 1.82) is 0 Å². The molecule has 0 saturated heterocycles. The third kappa shape index (κ3) is 3.99. The molecule has 2 rings (SSSR count). The second-order valence-corrected chi connectivity index (χ2v) is 4.75. The summed E-state index contributed by atoms with van der Waals surface area (Å²) in [6.07, 6.45) is 3.88. The maximum absolute atomic E-state index is 5.62. The van der Waals surface area contributed by atoms with Crippen molar-refractivity contribution >= 4 is 11.6 Å². The quantitative estimate of drug-likeness (QED) is 0.843.